The van der Waals surface area contributed by atoms with E-state index in [0.29, 0.717) is 35.5 Å². The van der Waals surface area contributed by atoms with E-state index >= 15 is 0 Å². The van der Waals surface area contributed by atoms with E-state index in [4.69, 9.17) is 9.47 Å². The summed E-state index contributed by atoms with van der Waals surface area (Å²) in [6.45, 7) is 0.423. The van der Waals surface area contributed by atoms with Gasteiger partial charge < -0.3 is 25.0 Å². The molecule has 0 aliphatic heterocycles. The van der Waals surface area contributed by atoms with E-state index in [0.717, 1.165) is 12.2 Å². The van der Waals surface area contributed by atoms with Gasteiger partial charge in [0, 0.05) is 36.2 Å². The molecule has 0 bridgehead atoms. The highest BCUT2D eigenvalue weighted by Crippen LogP contribution is 2.33. The van der Waals surface area contributed by atoms with Crippen molar-refractivity contribution in [1.29, 1.82) is 0 Å². The molecule has 1 aliphatic rings. The zero-order valence-corrected chi connectivity index (χ0v) is 20.6. The number of aromatic nitrogens is 2. The van der Waals surface area contributed by atoms with E-state index in [-0.39, 0.29) is 17.4 Å². The number of allylic oxidation sites excluding steroid dienone is 2. The van der Waals surface area contributed by atoms with Crippen molar-refractivity contribution in [2.75, 3.05) is 51.2 Å². The van der Waals surface area contributed by atoms with Gasteiger partial charge in [0.25, 0.3) is 0 Å². The van der Waals surface area contributed by atoms with E-state index in [9.17, 15) is 23.2 Å². The van der Waals surface area contributed by atoms with E-state index in [1.165, 1.54) is 12.4 Å². The molecule has 37 heavy (non-hydrogen) atoms. The number of carbonyl (C=O) groups excluding carboxylic acids is 3. The molecule has 2 N–H and O–H groups in total. The van der Waals surface area contributed by atoms with Crippen molar-refractivity contribution >= 4 is 39.9 Å². The molecular weight excluding hydrogens is 488 g/mol. The van der Waals surface area contributed by atoms with Crippen molar-refractivity contribution in [2.24, 2.45) is 0 Å². The molecule has 0 unspecified atom stereocenters. The Hall–Kier alpha value is -4.19. The van der Waals surface area contributed by atoms with Gasteiger partial charge in [0.2, 0.25) is 17.5 Å². The van der Waals surface area contributed by atoms with Crippen LogP contribution < -0.4 is 15.4 Å². The molecule has 1 heterocycles. The molecule has 2 aromatic rings. The van der Waals surface area contributed by atoms with E-state index in [2.05, 4.69) is 20.6 Å². The predicted octanol–water partition coefficient (Wildman–Crippen LogP) is 2.74. The molecule has 10 nitrogen and oxygen atoms in total. The molecule has 0 spiro atoms. The van der Waals surface area contributed by atoms with E-state index in [1.54, 1.807) is 25.1 Å². The summed E-state index contributed by atoms with van der Waals surface area (Å²) in [5.74, 6) is -1.63. The fourth-order valence-electron chi connectivity index (χ4n) is 3.24. The van der Waals surface area contributed by atoms with Crippen LogP contribution in [-0.4, -0.2) is 79.0 Å². The van der Waals surface area contributed by atoms with Crippen LogP contribution in [-0.2, 0) is 19.1 Å². The number of fused-ring (bicyclic) bond motifs is 1. The molecule has 0 saturated carbocycles. The lowest BCUT2D eigenvalue weighted by Crippen LogP contribution is -2.25. The number of ketones is 2. The molecule has 12 heteroatoms. The summed E-state index contributed by atoms with van der Waals surface area (Å²) < 4.78 is 36.1. The van der Waals surface area contributed by atoms with Crippen LogP contribution in [0.3, 0.4) is 0 Å². The fraction of sp³-hybridized carbons (Fsp3) is 0.320. The number of hydrogen-bond acceptors (Lipinski definition) is 9. The Bertz CT molecular complexity index is 1270. The summed E-state index contributed by atoms with van der Waals surface area (Å²) in [6, 6.07) is 3.21. The van der Waals surface area contributed by atoms with Crippen LogP contribution in [0.5, 0.6) is 5.75 Å². The zero-order valence-electron chi connectivity index (χ0n) is 20.6. The molecule has 196 valence electrons. The zero-order chi connectivity index (χ0) is 26.9. The smallest absolute Gasteiger partial charge is 0.248 e. The molecule has 1 amide bonds. The summed E-state index contributed by atoms with van der Waals surface area (Å²) in [7, 11) is 3.75. The van der Waals surface area contributed by atoms with Crippen molar-refractivity contribution in [3.8, 4) is 5.75 Å². The van der Waals surface area contributed by atoms with Crippen molar-refractivity contribution in [1.82, 2.24) is 14.9 Å². The molecule has 0 fully saturated rings. The molecule has 0 saturated heterocycles. The number of alkyl halides is 2. The lowest BCUT2D eigenvalue weighted by Gasteiger charge is -2.18. The third-order valence-corrected chi connectivity index (χ3v) is 4.97. The number of benzene rings is 1. The summed E-state index contributed by atoms with van der Waals surface area (Å²) >= 11 is 0. The van der Waals surface area contributed by atoms with Crippen LogP contribution in [0.15, 0.2) is 54.2 Å². The van der Waals surface area contributed by atoms with Gasteiger partial charge in [0.1, 0.15) is 31.2 Å². The minimum absolute atomic E-state index is 0.125. The first-order chi connectivity index (χ1) is 17.7. The SMILES string of the molecule is CCOc1cc2ncnc(NC3=CC(=O)C(OC(CF)CF)=CC3=O)c2cc1NC(=O)C=CCN(C)C. The van der Waals surface area contributed by atoms with Gasteiger partial charge in [-0.25, -0.2) is 18.7 Å². The Kier molecular flexibility index (Phi) is 9.39. The normalized spacial score (nSPS) is 13.8. The van der Waals surface area contributed by atoms with Crippen molar-refractivity contribution in [2.45, 2.75) is 13.0 Å². The van der Waals surface area contributed by atoms with Gasteiger partial charge in [-0.2, -0.15) is 0 Å². The van der Waals surface area contributed by atoms with Crippen LogP contribution in [0.4, 0.5) is 20.3 Å². The molecule has 3 rings (SSSR count). The van der Waals surface area contributed by atoms with Crippen LogP contribution in [0.25, 0.3) is 10.9 Å². The average Bonchev–Trinajstić information content (AvgIpc) is 2.85. The first-order valence-electron chi connectivity index (χ1n) is 11.4. The Morgan fingerprint density at radius 3 is 2.57 bits per heavy atom. The third-order valence-electron chi connectivity index (χ3n) is 4.97. The maximum Gasteiger partial charge on any atom is 0.248 e. The van der Waals surface area contributed by atoms with Crippen molar-refractivity contribution < 1.29 is 32.6 Å². The summed E-state index contributed by atoms with van der Waals surface area (Å²) in [5, 5.41) is 6.00. The van der Waals surface area contributed by atoms with E-state index < -0.39 is 36.8 Å². The minimum Gasteiger partial charge on any atom is -0.492 e. The summed E-state index contributed by atoms with van der Waals surface area (Å²) in [5.41, 5.74) is 0.678. The molecular formula is C25H27F2N5O5. The number of nitrogens with zero attached hydrogens (tertiary/aromatic N) is 3. The highest BCUT2D eigenvalue weighted by atomic mass is 19.1. The van der Waals surface area contributed by atoms with Gasteiger partial charge in [-0.05, 0) is 27.1 Å². The maximum absolute atomic E-state index is 12.8. The van der Waals surface area contributed by atoms with Crippen LogP contribution >= 0.6 is 0 Å². The minimum atomic E-state index is -1.47. The number of carbonyl (C=O) groups is 3. The Morgan fingerprint density at radius 2 is 1.89 bits per heavy atom. The third kappa shape index (κ3) is 7.17. The lowest BCUT2D eigenvalue weighted by molar-refractivity contribution is -0.118. The molecule has 0 atom stereocenters. The van der Waals surface area contributed by atoms with Crippen molar-refractivity contribution in [3.05, 3.63) is 54.2 Å². The Labute approximate surface area is 212 Å². The molecule has 1 aromatic carbocycles. The Balaban J connectivity index is 1.89. The number of amides is 1. The molecule has 0 radical (unpaired) electrons. The number of hydrogen-bond donors (Lipinski definition) is 2. The molecule has 1 aliphatic carbocycles. The average molecular weight is 516 g/mol. The lowest BCUT2D eigenvalue weighted by atomic mass is 10.1. The highest BCUT2D eigenvalue weighted by Gasteiger charge is 2.25. The van der Waals surface area contributed by atoms with Gasteiger partial charge >= 0.3 is 0 Å². The fourth-order valence-corrected chi connectivity index (χ4v) is 3.24. The van der Waals surface area contributed by atoms with Crippen LogP contribution in [0.1, 0.15) is 6.92 Å². The number of halogens is 2. The van der Waals surface area contributed by atoms with Crippen molar-refractivity contribution in [3.63, 3.8) is 0 Å². The predicted molar refractivity (Wildman–Crippen MR) is 134 cm³/mol. The van der Waals surface area contributed by atoms with Crippen LogP contribution in [0, 0.1) is 0 Å². The first kappa shape index (κ1) is 27.4. The van der Waals surface area contributed by atoms with Gasteiger partial charge in [0.15, 0.2) is 11.9 Å². The van der Waals surface area contributed by atoms with Crippen LogP contribution in [0.2, 0.25) is 0 Å². The first-order valence-corrected chi connectivity index (χ1v) is 11.4. The van der Waals surface area contributed by atoms with Gasteiger partial charge in [-0.1, -0.05) is 6.08 Å². The number of nitrogens with one attached hydrogen (secondary N) is 2. The number of rotatable bonds is 12. The quantitative estimate of drug-likeness (QED) is 0.324. The standard InChI is InChI=1S/C25H27F2N5O5/c1-4-36-22-10-17-16(8-19(22)30-24(35)6-5-7-32(2)3)25(29-14-28-17)31-18-9-21(34)23(11-20(18)33)37-15(12-26)13-27/h5-6,8-11,14-15H,4,7,12-13H2,1-3H3,(H,30,35)(H,28,29,31). The Morgan fingerprint density at radius 1 is 1.14 bits per heavy atom. The number of anilines is 2. The monoisotopic (exact) mass is 515 g/mol. The topological polar surface area (TPSA) is 123 Å². The summed E-state index contributed by atoms with van der Waals surface area (Å²) in [6.07, 6.45) is 4.73. The second kappa shape index (κ2) is 12.7. The number of likely N-dealkylation sites (N-methyl/N-ethyl adjacent to an activating group) is 1. The highest BCUT2D eigenvalue weighted by molar-refractivity contribution is 6.20. The van der Waals surface area contributed by atoms with Gasteiger partial charge in [-0.15, -0.1) is 0 Å². The maximum atomic E-state index is 12.8. The largest absolute Gasteiger partial charge is 0.492 e. The van der Waals surface area contributed by atoms with Gasteiger partial charge in [-0.3, -0.25) is 14.4 Å². The molecule has 1 aromatic heterocycles. The summed E-state index contributed by atoms with van der Waals surface area (Å²) in [4.78, 5) is 47.7. The number of ether oxygens (including phenoxy) is 2. The second-order valence-corrected chi connectivity index (χ2v) is 8.14. The second-order valence-electron chi connectivity index (χ2n) is 8.14. The van der Waals surface area contributed by atoms with Gasteiger partial charge in [0.05, 0.1) is 23.5 Å². The van der Waals surface area contributed by atoms with E-state index in [1.807, 2.05) is 19.0 Å².